The number of aromatic nitrogens is 2. The average molecular weight is 282 g/mol. The normalized spacial score (nSPS) is 20.3. The molecule has 0 saturated carbocycles. The molecule has 1 atom stereocenters. The van der Waals surface area contributed by atoms with Gasteiger partial charge in [-0.05, 0) is 30.9 Å². The summed E-state index contributed by atoms with van der Waals surface area (Å²) in [5.41, 5.74) is 0.655. The fourth-order valence-corrected chi connectivity index (χ4v) is 3.17. The van der Waals surface area contributed by atoms with E-state index in [9.17, 15) is 4.79 Å². The minimum absolute atomic E-state index is 0.0497. The second kappa shape index (κ2) is 5.54. The van der Waals surface area contributed by atoms with Gasteiger partial charge in [0.15, 0.2) is 0 Å². The molecule has 1 saturated heterocycles. The summed E-state index contributed by atoms with van der Waals surface area (Å²) in [6, 6.07) is 0.274. The first-order valence-corrected chi connectivity index (χ1v) is 7.49. The van der Waals surface area contributed by atoms with Crippen LogP contribution in [0.5, 0.6) is 0 Å². The van der Waals surface area contributed by atoms with E-state index in [1.807, 2.05) is 11.9 Å². The Morgan fingerprint density at radius 2 is 2.21 bits per heavy atom. The second-order valence-electron chi connectivity index (χ2n) is 6.12. The molecular weight excluding hydrogens is 260 g/mol. The number of rotatable bonds is 2. The van der Waals surface area contributed by atoms with Crippen molar-refractivity contribution in [1.29, 1.82) is 0 Å². The first kappa shape index (κ1) is 14.4. The lowest BCUT2D eigenvalue weighted by Gasteiger charge is -2.31. The number of carbonyl (C=O) groups excluding carboxylic acids is 1. The van der Waals surface area contributed by atoms with Crippen molar-refractivity contribution in [2.24, 2.45) is 0 Å². The van der Waals surface area contributed by atoms with E-state index in [1.165, 1.54) is 11.5 Å². The van der Waals surface area contributed by atoms with Gasteiger partial charge in [-0.25, -0.2) is 0 Å². The van der Waals surface area contributed by atoms with Gasteiger partial charge in [0.25, 0.3) is 5.91 Å². The molecule has 1 aromatic heterocycles. The number of carbonyl (C=O) groups is 1. The van der Waals surface area contributed by atoms with Crippen LogP contribution in [0.25, 0.3) is 0 Å². The summed E-state index contributed by atoms with van der Waals surface area (Å²) in [6.45, 7) is 8.10. The zero-order valence-electron chi connectivity index (χ0n) is 12.1. The van der Waals surface area contributed by atoms with E-state index in [0.29, 0.717) is 4.88 Å². The van der Waals surface area contributed by atoms with Gasteiger partial charge in [0, 0.05) is 25.0 Å². The number of hydrogen-bond donors (Lipinski definition) is 1. The predicted molar refractivity (Wildman–Crippen MR) is 76.6 cm³/mol. The van der Waals surface area contributed by atoms with Crippen LogP contribution in [0.1, 0.15) is 49.0 Å². The van der Waals surface area contributed by atoms with Gasteiger partial charge in [0.2, 0.25) is 0 Å². The van der Waals surface area contributed by atoms with Crippen molar-refractivity contribution >= 4 is 17.4 Å². The Kier molecular flexibility index (Phi) is 4.20. The molecule has 0 aromatic carbocycles. The van der Waals surface area contributed by atoms with Crippen LogP contribution in [-0.4, -0.2) is 46.6 Å². The number of likely N-dealkylation sites (N-methyl/N-ethyl adjacent to an activating group) is 1. The summed E-state index contributed by atoms with van der Waals surface area (Å²) >= 11 is 1.20. The Morgan fingerprint density at radius 1 is 1.47 bits per heavy atom. The molecule has 2 heterocycles. The van der Waals surface area contributed by atoms with E-state index >= 15 is 0 Å². The van der Waals surface area contributed by atoms with E-state index in [-0.39, 0.29) is 17.4 Å². The highest BCUT2D eigenvalue weighted by Crippen LogP contribution is 2.27. The van der Waals surface area contributed by atoms with Gasteiger partial charge < -0.3 is 10.2 Å². The minimum atomic E-state index is -0.149. The largest absolute Gasteiger partial charge is 0.337 e. The lowest BCUT2D eigenvalue weighted by atomic mass is 9.91. The van der Waals surface area contributed by atoms with Crippen LogP contribution in [0.15, 0.2) is 0 Å². The van der Waals surface area contributed by atoms with Gasteiger partial charge in [-0.1, -0.05) is 25.3 Å². The van der Waals surface area contributed by atoms with Crippen molar-refractivity contribution < 1.29 is 4.79 Å². The molecule has 0 aliphatic carbocycles. The van der Waals surface area contributed by atoms with Crippen molar-refractivity contribution in [1.82, 2.24) is 19.8 Å². The summed E-state index contributed by atoms with van der Waals surface area (Å²) in [5.74, 6) is 0.0497. The Hall–Kier alpha value is -1.01. The number of nitrogens with one attached hydrogen (secondary N) is 1. The van der Waals surface area contributed by atoms with Crippen molar-refractivity contribution in [2.45, 2.75) is 45.1 Å². The third kappa shape index (κ3) is 3.12. The summed E-state index contributed by atoms with van der Waals surface area (Å²) in [7, 11) is 1.88. The molecule has 106 valence electrons. The quantitative estimate of drug-likeness (QED) is 0.896. The van der Waals surface area contributed by atoms with Gasteiger partial charge >= 0.3 is 0 Å². The van der Waals surface area contributed by atoms with Crippen LogP contribution < -0.4 is 5.32 Å². The van der Waals surface area contributed by atoms with E-state index in [2.05, 4.69) is 35.7 Å². The Labute approximate surface area is 118 Å². The average Bonchev–Trinajstić information content (AvgIpc) is 2.87. The monoisotopic (exact) mass is 282 g/mol. The smallest absolute Gasteiger partial charge is 0.267 e. The molecule has 1 aliphatic heterocycles. The zero-order valence-corrected chi connectivity index (χ0v) is 12.9. The van der Waals surface area contributed by atoms with Crippen molar-refractivity contribution in [3.8, 4) is 0 Å². The lowest BCUT2D eigenvalue weighted by molar-refractivity contribution is 0.0710. The van der Waals surface area contributed by atoms with Crippen molar-refractivity contribution in [2.75, 3.05) is 20.1 Å². The SMILES string of the molecule is CN(C(=O)c1snnc1C(C)(C)C)C1CCCNC1. The molecule has 5 nitrogen and oxygen atoms in total. The molecule has 19 heavy (non-hydrogen) atoms. The summed E-state index contributed by atoms with van der Waals surface area (Å²) in [4.78, 5) is 15.1. The maximum absolute atomic E-state index is 12.6. The van der Waals surface area contributed by atoms with Gasteiger partial charge in [-0.3, -0.25) is 4.79 Å². The van der Waals surface area contributed by atoms with E-state index in [1.54, 1.807) is 0 Å². The van der Waals surface area contributed by atoms with E-state index in [0.717, 1.165) is 31.6 Å². The van der Waals surface area contributed by atoms with Crippen LogP contribution in [-0.2, 0) is 5.41 Å². The third-order valence-corrected chi connectivity index (χ3v) is 4.25. The number of nitrogens with zero attached hydrogens (tertiary/aromatic N) is 3. The molecule has 1 N–H and O–H groups in total. The summed E-state index contributed by atoms with van der Waals surface area (Å²) < 4.78 is 3.97. The highest BCUT2D eigenvalue weighted by atomic mass is 32.1. The molecule has 1 amide bonds. The summed E-state index contributed by atoms with van der Waals surface area (Å²) in [6.07, 6.45) is 2.18. The molecule has 0 spiro atoms. The molecular formula is C13H22N4OS. The van der Waals surface area contributed by atoms with E-state index in [4.69, 9.17) is 0 Å². The second-order valence-corrected chi connectivity index (χ2v) is 6.87. The van der Waals surface area contributed by atoms with Gasteiger partial charge in [0.1, 0.15) is 4.88 Å². The number of piperidine rings is 1. The van der Waals surface area contributed by atoms with Gasteiger partial charge in [-0.2, -0.15) is 0 Å². The highest BCUT2D eigenvalue weighted by Gasteiger charge is 2.30. The van der Waals surface area contributed by atoms with Crippen LogP contribution in [0.4, 0.5) is 0 Å². The zero-order chi connectivity index (χ0) is 14.0. The molecule has 1 fully saturated rings. The molecule has 2 rings (SSSR count). The van der Waals surface area contributed by atoms with Gasteiger partial charge in [-0.15, -0.1) is 5.10 Å². The maximum atomic E-state index is 12.6. The van der Waals surface area contributed by atoms with Crippen molar-refractivity contribution in [3.05, 3.63) is 10.6 Å². The molecule has 1 aliphatic rings. The molecule has 0 radical (unpaired) electrons. The lowest BCUT2D eigenvalue weighted by Crippen LogP contribution is -2.46. The number of hydrogen-bond acceptors (Lipinski definition) is 5. The first-order chi connectivity index (χ1) is 8.91. The van der Waals surface area contributed by atoms with Gasteiger partial charge in [0.05, 0.1) is 5.69 Å². The topological polar surface area (TPSA) is 58.1 Å². The first-order valence-electron chi connectivity index (χ1n) is 6.72. The maximum Gasteiger partial charge on any atom is 0.267 e. The molecule has 0 bridgehead atoms. The Balaban J connectivity index is 2.17. The fraction of sp³-hybridized carbons (Fsp3) is 0.769. The summed E-state index contributed by atoms with van der Waals surface area (Å²) in [5, 5.41) is 7.48. The molecule has 1 aromatic rings. The minimum Gasteiger partial charge on any atom is -0.337 e. The highest BCUT2D eigenvalue weighted by molar-refractivity contribution is 7.08. The molecule has 1 unspecified atom stereocenters. The van der Waals surface area contributed by atoms with Crippen LogP contribution >= 0.6 is 11.5 Å². The Morgan fingerprint density at radius 3 is 2.79 bits per heavy atom. The Bertz CT molecular complexity index is 446. The standard InChI is InChI=1S/C13H22N4OS/c1-13(2,3)11-10(19-16-15-11)12(18)17(4)9-6-5-7-14-8-9/h9,14H,5-8H2,1-4H3. The third-order valence-electron chi connectivity index (χ3n) is 3.53. The van der Waals surface area contributed by atoms with Crippen LogP contribution in [0.3, 0.4) is 0 Å². The fourth-order valence-electron chi connectivity index (χ4n) is 2.31. The van der Waals surface area contributed by atoms with Crippen molar-refractivity contribution in [3.63, 3.8) is 0 Å². The van der Waals surface area contributed by atoms with E-state index < -0.39 is 0 Å². The molecule has 6 heteroatoms. The number of amides is 1. The predicted octanol–water partition coefficient (Wildman–Crippen LogP) is 1.66. The van der Waals surface area contributed by atoms with Crippen LogP contribution in [0, 0.1) is 0 Å². The van der Waals surface area contributed by atoms with Crippen LogP contribution in [0.2, 0.25) is 0 Å².